The first-order chi connectivity index (χ1) is 13.0. The quantitative estimate of drug-likeness (QED) is 0.598. The Balaban J connectivity index is 1.71. The van der Waals surface area contributed by atoms with Gasteiger partial charge in [-0.2, -0.15) is 10.1 Å². The Morgan fingerprint density at radius 2 is 1.93 bits per heavy atom. The molecule has 0 saturated heterocycles. The fraction of sp³-hybridized carbons (Fsp3) is 0.368. The Bertz CT molecular complexity index is 1070. The predicted molar refractivity (Wildman–Crippen MR) is 105 cm³/mol. The minimum Gasteiger partial charge on any atom is -0.314 e. The van der Waals surface area contributed by atoms with Crippen molar-refractivity contribution in [3.05, 3.63) is 46.0 Å². The highest BCUT2D eigenvalue weighted by Crippen LogP contribution is 2.43. The van der Waals surface area contributed by atoms with Crippen LogP contribution < -0.4 is 4.90 Å². The van der Waals surface area contributed by atoms with Gasteiger partial charge in [-0.25, -0.2) is 4.98 Å². The molecule has 1 aliphatic heterocycles. The summed E-state index contributed by atoms with van der Waals surface area (Å²) in [6.45, 7) is 0. The van der Waals surface area contributed by atoms with E-state index in [-0.39, 0.29) is 11.2 Å². The summed E-state index contributed by atoms with van der Waals surface area (Å²) in [6, 6.07) is 5.84. The fourth-order valence-corrected chi connectivity index (χ4v) is 4.62. The lowest BCUT2D eigenvalue weighted by atomic mass is 9.95. The van der Waals surface area contributed by atoms with Gasteiger partial charge in [-0.05, 0) is 48.2 Å². The van der Waals surface area contributed by atoms with E-state index in [0.717, 1.165) is 29.5 Å². The van der Waals surface area contributed by atoms with Crippen molar-refractivity contribution in [1.29, 1.82) is 0 Å². The largest absolute Gasteiger partial charge is 0.314 e. The molecular weight excluding hydrogens is 385 g/mol. The van der Waals surface area contributed by atoms with Gasteiger partial charge in [-0.3, -0.25) is 9.48 Å². The molecule has 0 N–H and O–H groups in total. The minimum absolute atomic E-state index is 0.0584. The van der Waals surface area contributed by atoms with Gasteiger partial charge >= 0.3 is 0 Å². The lowest BCUT2D eigenvalue weighted by Gasteiger charge is -2.11. The number of benzene rings is 1. The predicted octanol–water partition coefficient (Wildman–Crippen LogP) is 4.36. The molecule has 3 heterocycles. The number of hydrogen-bond donors (Lipinski definition) is 0. The number of hydrogen-bond acceptors (Lipinski definition) is 4. The van der Waals surface area contributed by atoms with E-state index in [1.165, 1.54) is 12.8 Å². The zero-order chi connectivity index (χ0) is 18.7. The van der Waals surface area contributed by atoms with Gasteiger partial charge in [0.05, 0.1) is 17.1 Å². The first-order valence-electron chi connectivity index (χ1n) is 9.02. The lowest BCUT2D eigenvalue weighted by Crippen LogP contribution is -2.25. The van der Waals surface area contributed by atoms with Crippen molar-refractivity contribution in [2.75, 3.05) is 11.9 Å². The maximum absolute atomic E-state index is 13.0. The van der Waals surface area contributed by atoms with Crippen molar-refractivity contribution < 1.29 is 4.79 Å². The highest BCUT2D eigenvalue weighted by molar-refractivity contribution is 6.31. The van der Waals surface area contributed by atoms with Crippen molar-refractivity contribution in [2.24, 2.45) is 0 Å². The summed E-state index contributed by atoms with van der Waals surface area (Å²) in [5.74, 6) is -0.620. The molecule has 1 unspecified atom stereocenters. The smallest absolute Gasteiger partial charge is 0.240 e. The van der Waals surface area contributed by atoms with Gasteiger partial charge in [0, 0.05) is 24.0 Å². The molecular formula is C19H17Cl2N5O. The molecule has 1 amide bonds. The number of carbonyl (C=O) groups is 1. The Kier molecular flexibility index (Phi) is 3.88. The molecule has 1 fully saturated rings. The Hall–Kier alpha value is -2.18. The SMILES string of the molecule is CN1C(=O)C(c2nc(Cl)nc3nn(C4CCCC4)cc23)c2cc(Cl)ccc21. The van der Waals surface area contributed by atoms with Crippen LogP contribution in [0.25, 0.3) is 11.0 Å². The standard InChI is InChI=1S/C19H17Cl2N5O/c1-25-14-7-6-10(20)8-12(14)15(18(25)27)16-13-9-26(11-4-2-3-5-11)24-17(13)23-19(21)22-16/h6-9,11,15H,2-5H2,1H3. The molecule has 8 heteroatoms. The summed E-state index contributed by atoms with van der Waals surface area (Å²) in [5.41, 5.74) is 2.79. The second kappa shape index (κ2) is 6.17. The third kappa shape index (κ3) is 2.62. The van der Waals surface area contributed by atoms with Crippen LogP contribution in [0.15, 0.2) is 24.4 Å². The summed E-state index contributed by atoms with van der Waals surface area (Å²) < 4.78 is 1.97. The molecule has 1 aliphatic carbocycles. The Morgan fingerprint density at radius 3 is 2.70 bits per heavy atom. The average Bonchev–Trinajstić information content (AvgIpc) is 3.34. The van der Waals surface area contributed by atoms with Gasteiger partial charge in [-0.15, -0.1) is 0 Å². The van der Waals surface area contributed by atoms with E-state index in [1.54, 1.807) is 18.0 Å². The maximum atomic E-state index is 13.0. The molecule has 2 aliphatic rings. The van der Waals surface area contributed by atoms with Crippen molar-refractivity contribution >= 4 is 45.8 Å². The van der Waals surface area contributed by atoms with Crippen LogP contribution in [0.5, 0.6) is 0 Å². The van der Waals surface area contributed by atoms with Crippen LogP contribution in [0.4, 0.5) is 5.69 Å². The van der Waals surface area contributed by atoms with E-state index in [1.807, 2.05) is 23.0 Å². The lowest BCUT2D eigenvalue weighted by molar-refractivity contribution is -0.118. The number of fused-ring (bicyclic) bond motifs is 2. The van der Waals surface area contributed by atoms with Crippen molar-refractivity contribution in [3.8, 4) is 0 Å². The molecule has 0 bridgehead atoms. The highest BCUT2D eigenvalue weighted by Gasteiger charge is 2.39. The van der Waals surface area contributed by atoms with Crippen LogP contribution in [-0.4, -0.2) is 32.7 Å². The molecule has 138 valence electrons. The van der Waals surface area contributed by atoms with Gasteiger partial charge < -0.3 is 4.90 Å². The monoisotopic (exact) mass is 401 g/mol. The van der Waals surface area contributed by atoms with Crippen LogP contribution in [-0.2, 0) is 4.79 Å². The summed E-state index contributed by atoms with van der Waals surface area (Å²) in [6.07, 6.45) is 6.59. The first-order valence-corrected chi connectivity index (χ1v) is 9.78. The molecule has 0 spiro atoms. The fourth-order valence-electron chi connectivity index (χ4n) is 4.26. The molecule has 2 aromatic heterocycles. The van der Waals surface area contributed by atoms with E-state index < -0.39 is 5.92 Å². The van der Waals surface area contributed by atoms with E-state index in [2.05, 4.69) is 15.1 Å². The van der Waals surface area contributed by atoms with Crippen LogP contribution >= 0.6 is 23.2 Å². The van der Waals surface area contributed by atoms with Gasteiger partial charge in [0.25, 0.3) is 0 Å². The van der Waals surface area contributed by atoms with E-state index >= 15 is 0 Å². The van der Waals surface area contributed by atoms with Crippen LogP contribution in [0.2, 0.25) is 10.3 Å². The van der Waals surface area contributed by atoms with Gasteiger partial charge in [0.15, 0.2) is 5.65 Å². The van der Waals surface area contributed by atoms with Gasteiger partial charge in [0.1, 0.15) is 5.92 Å². The first kappa shape index (κ1) is 17.0. The van der Waals surface area contributed by atoms with Crippen molar-refractivity contribution in [2.45, 2.75) is 37.6 Å². The Labute approximate surface area is 166 Å². The molecule has 3 aromatic rings. The average molecular weight is 402 g/mol. The molecule has 5 rings (SSSR count). The normalized spacial score (nSPS) is 20.0. The molecule has 1 atom stereocenters. The summed E-state index contributed by atoms with van der Waals surface area (Å²) in [5, 5.41) is 6.09. The van der Waals surface area contributed by atoms with Gasteiger partial charge in [0.2, 0.25) is 11.2 Å². The Morgan fingerprint density at radius 1 is 1.15 bits per heavy atom. The molecule has 6 nitrogen and oxygen atoms in total. The number of carbonyl (C=O) groups excluding carboxylic acids is 1. The summed E-state index contributed by atoms with van der Waals surface area (Å²) >= 11 is 12.4. The van der Waals surface area contributed by atoms with Crippen LogP contribution in [0.1, 0.15) is 48.9 Å². The number of amides is 1. The zero-order valence-corrected chi connectivity index (χ0v) is 16.2. The summed E-state index contributed by atoms with van der Waals surface area (Å²) in [4.78, 5) is 23.4. The molecule has 0 radical (unpaired) electrons. The summed E-state index contributed by atoms with van der Waals surface area (Å²) in [7, 11) is 1.76. The van der Waals surface area contributed by atoms with Crippen LogP contribution in [0.3, 0.4) is 0 Å². The highest BCUT2D eigenvalue weighted by atomic mass is 35.5. The van der Waals surface area contributed by atoms with E-state index in [9.17, 15) is 4.79 Å². The number of halogens is 2. The number of likely N-dealkylation sites (N-methyl/N-ethyl adjacent to an activating group) is 1. The molecule has 1 saturated carbocycles. The second-order valence-corrected chi connectivity index (χ2v) is 7.97. The number of rotatable bonds is 2. The maximum Gasteiger partial charge on any atom is 0.240 e. The topological polar surface area (TPSA) is 63.9 Å². The van der Waals surface area contributed by atoms with Gasteiger partial charge in [-0.1, -0.05) is 24.4 Å². The zero-order valence-electron chi connectivity index (χ0n) is 14.7. The second-order valence-electron chi connectivity index (χ2n) is 7.20. The van der Waals surface area contributed by atoms with Crippen LogP contribution in [0, 0.1) is 0 Å². The molecule has 27 heavy (non-hydrogen) atoms. The van der Waals surface area contributed by atoms with Crippen molar-refractivity contribution in [3.63, 3.8) is 0 Å². The molecule has 1 aromatic carbocycles. The number of anilines is 1. The van der Waals surface area contributed by atoms with E-state index in [4.69, 9.17) is 23.2 Å². The van der Waals surface area contributed by atoms with Crippen molar-refractivity contribution in [1.82, 2.24) is 19.7 Å². The number of nitrogens with zero attached hydrogens (tertiary/aromatic N) is 5. The number of aromatic nitrogens is 4. The third-order valence-corrected chi connectivity index (χ3v) is 6.02. The third-order valence-electron chi connectivity index (χ3n) is 5.61. The van der Waals surface area contributed by atoms with E-state index in [0.29, 0.717) is 22.4 Å². The minimum atomic E-state index is -0.562.